The van der Waals surface area contributed by atoms with Crippen molar-refractivity contribution in [2.45, 2.75) is 0 Å². The highest BCUT2D eigenvalue weighted by Crippen LogP contribution is 2.49. The van der Waals surface area contributed by atoms with E-state index in [1.54, 1.807) is 11.3 Å². The van der Waals surface area contributed by atoms with Crippen LogP contribution in [0.15, 0.2) is 158 Å². The fourth-order valence-corrected chi connectivity index (χ4v) is 7.92. The maximum atomic E-state index is 8.94. The van der Waals surface area contributed by atoms with Gasteiger partial charge in [-0.05, 0) is 83.9 Å². The summed E-state index contributed by atoms with van der Waals surface area (Å²) in [7, 11) is 0. The van der Waals surface area contributed by atoms with Crippen molar-refractivity contribution in [2.24, 2.45) is 0 Å². The lowest BCUT2D eigenvalue weighted by atomic mass is 9.84. The zero-order valence-electron chi connectivity index (χ0n) is 28.0. The number of fused-ring (bicyclic) bond motifs is 6. The normalized spacial score (nSPS) is 13.3. The molecule has 0 saturated heterocycles. The Bertz CT molecular complexity index is 2700. The molecular weight excluding hydrogens is 537 g/mol. The van der Waals surface area contributed by atoms with Gasteiger partial charge >= 0.3 is 0 Å². The smallest absolute Gasteiger partial charge is 0.0629 e. The lowest BCUT2D eigenvalue weighted by Gasteiger charge is -2.19. The number of thiophene rings is 1. The van der Waals surface area contributed by atoms with E-state index in [9.17, 15) is 0 Å². The molecule has 1 heteroatoms. The molecule has 0 spiro atoms. The Morgan fingerprint density at radius 1 is 0.419 bits per heavy atom. The summed E-state index contributed by atoms with van der Waals surface area (Å²) in [5, 5.41) is 8.37. The predicted molar refractivity (Wildman–Crippen MR) is 188 cm³/mol. The van der Waals surface area contributed by atoms with Gasteiger partial charge in [-0.2, -0.15) is 0 Å². The van der Waals surface area contributed by atoms with Gasteiger partial charge in [-0.15, -0.1) is 11.3 Å². The molecule has 0 fully saturated rings. The first-order chi connectivity index (χ1) is 23.4. The summed E-state index contributed by atoms with van der Waals surface area (Å²) in [5.74, 6) is 0. The Morgan fingerprint density at radius 3 is 1.72 bits per heavy atom. The molecule has 1 aromatic heterocycles. The van der Waals surface area contributed by atoms with Gasteiger partial charge in [0.1, 0.15) is 0 Å². The van der Waals surface area contributed by atoms with Crippen LogP contribution in [0.3, 0.4) is 0 Å². The van der Waals surface area contributed by atoms with Crippen LogP contribution in [0.2, 0.25) is 0 Å². The van der Waals surface area contributed by atoms with Crippen molar-refractivity contribution in [3.05, 3.63) is 158 Å². The molecule has 0 aliphatic heterocycles. The van der Waals surface area contributed by atoms with Gasteiger partial charge in [-0.3, -0.25) is 0 Å². The Morgan fingerprint density at radius 2 is 1.00 bits per heavy atom. The highest BCUT2D eigenvalue weighted by molar-refractivity contribution is 7.26. The fourth-order valence-electron chi connectivity index (χ4n) is 6.75. The molecule has 9 rings (SSSR count). The van der Waals surface area contributed by atoms with Gasteiger partial charge in [0, 0.05) is 20.2 Å². The SMILES string of the molecule is [2H]c1c([2H])c([2H])c(-c2c3ccccc3c(-c3cc(-c4cccc5ccccc45)cc4sc5ccccc5c34)c3ccccc23)c([2H])c1[2H]. The van der Waals surface area contributed by atoms with Crippen molar-refractivity contribution < 1.29 is 6.85 Å². The zero-order chi connectivity index (χ0) is 32.7. The van der Waals surface area contributed by atoms with Crippen molar-refractivity contribution in [2.75, 3.05) is 0 Å². The van der Waals surface area contributed by atoms with E-state index in [1.165, 1.54) is 30.9 Å². The van der Waals surface area contributed by atoms with Crippen molar-refractivity contribution in [3.8, 4) is 33.4 Å². The third-order valence-electron chi connectivity index (χ3n) is 8.53. The lowest BCUT2D eigenvalue weighted by Crippen LogP contribution is -1.92. The minimum absolute atomic E-state index is 0.201. The average Bonchev–Trinajstić information content (AvgIpc) is 3.51. The first kappa shape index (κ1) is 19.8. The van der Waals surface area contributed by atoms with E-state index in [0.717, 1.165) is 43.8 Å². The van der Waals surface area contributed by atoms with E-state index in [-0.39, 0.29) is 29.7 Å². The van der Waals surface area contributed by atoms with Gasteiger partial charge < -0.3 is 0 Å². The Labute approximate surface area is 261 Å². The Kier molecular flexibility index (Phi) is 4.45. The number of benzene rings is 8. The predicted octanol–water partition coefficient (Wildman–Crippen LogP) is 12.5. The van der Waals surface area contributed by atoms with Crippen LogP contribution < -0.4 is 0 Å². The third kappa shape index (κ3) is 3.75. The van der Waals surface area contributed by atoms with Crippen LogP contribution in [0.4, 0.5) is 0 Å². The number of rotatable bonds is 3. The molecule has 8 aromatic carbocycles. The molecule has 0 aliphatic carbocycles. The molecule has 0 bridgehead atoms. The molecular formula is C42H26S. The summed E-state index contributed by atoms with van der Waals surface area (Å²) in [6.07, 6.45) is 0. The average molecular weight is 568 g/mol. The van der Waals surface area contributed by atoms with Crippen LogP contribution in [-0.2, 0) is 0 Å². The molecule has 0 aliphatic rings. The minimum Gasteiger partial charge on any atom is -0.135 e. The van der Waals surface area contributed by atoms with Crippen molar-refractivity contribution >= 4 is 63.8 Å². The molecule has 0 amide bonds. The van der Waals surface area contributed by atoms with Gasteiger partial charge in [-0.1, -0.05) is 139 Å². The molecule has 0 N–H and O–H groups in total. The summed E-state index contributed by atoms with van der Waals surface area (Å²) in [5.41, 5.74) is 5.33. The van der Waals surface area contributed by atoms with Crippen molar-refractivity contribution in [1.29, 1.82) is 0 Å². The standard InChI is InChI=1S/C42H26S/c1-2-14-28(15-3-1)40-32-18-6-8-20-34(32)41(35-21-9-7-19-33(35)40)37-25-29(31-23-12-16-27-13-4-5-17-30(27)31)26-39-42(37)36-22-10-11-24-38(36)43-39/h1-26H/i1D,2D,3D,14D,15D. The molecule has 0 radical (unpaired) electrons. The molecule has 0 saturated carbocycles. The summed E-state index contributed by atoms with van der Waals surface area (Å²) >= 11 is 1.79. The van der Waals surface area contributed by atoms with Crippen LogP contribution in [0, 0.1) is 0 Å². The van der Waals surface area contributed by atoms with Gasteiger partial charge in [0.25, 0.3) is 0 Å². The van der Waals surface area contributed by atoms with E-state index in [4.69, 9.17) is 6.85 Å². The van der Waals surface area contributed by atoms with Gasteiger partial charge in [-0.25, -0.2) is 0 Å². The molecule has 0 unspecified atom stereocenters. The van der Waals surface area contributed by atoms with Gasteiger partial charge in [0.15, 0.2) is 0 Å². The molecule has 9 aromatic rings. The third-order valence-corrected chi connectivity index (χ3v) is 9.65. The largest absolute Gasteiger partial charge is 0.135 e. The van der Waals surface area contributed by atoms with Crippen LogP contribution in [0.1, 0.15) is 6.85 Å². The summed E-state index contributed by atoms with van der Waals surface area (Å²) in [6.45, 7) is 0. The molecule has 1 heterocycles. The summed E-state index contributed by atoms with van der Waals surface area (Å²) in [4.78, 5) is 0. The molecule has 43 heavy (non-hydrogen) atoms. The van der Waals surface area contributed by atoms with E-state index >= 15 is 0 Å². The number of hydrogen-bond acceptors (Lipinski definition) is 1. The van der Waals surface area contributed by atoms with Crippen molar-refractivity contribution in [1.82, 2.24) is 0 Å². The number of hydrogen-bond donors (Lipinski definition) is 0. The zero-order valence-corrected chi connectivity index (χ0v) is 23.8. The van der Waals surface area contributed by atoms with Gasteiger partial charge in [0.05, 0.1) is 6.85 Å². The van der Waals surface area contributed by atoms with Gasteiger partial charge in [0.2, 0.25) is 0 Å². The monoisotopic (exact) mass is 567 g/mol. The lowest BCUT2D eigenvalue weighted by molar-refractivity contribution is 1.66. The van der Waals surface area contributed by atoms with Crippen molar-refractivity contribution in [3.63, 3.8) is 0 Å². The molecule has 200 valence electrons. The quantitative estimate of drug-likeness (QED) is 0.186. The van der Waals surface area contributed by atoms with Crippen LogP contribution >= 0.6 is 11.3 Å². The second-order valence-corrected chi connectivity index (χ2v) is 11.9. The Hall–Kier alpha value is -5.24. The van der Waals surface area contributed by atoms with Crippen LogP contribution in [-0.4, -0.2) is 0 Å². The first-order valence-corrected chi connectivity index (χ1v) is 15.2. The van der Waals surface area contributed by atoms with Crippen LogP contribution in [0.25, 0.3) is 85.9 Å². The fraction of sp³-hybridized carbons (Fsp3) is 0. The van der Waals surface area contributed by atoms with E-state index in [2.05, 4.69) is 91.0 Å². The van der Waals surface area contributed by atoms with E-state index in [1.807, 2.05) is 36.4 Å². The molecule has 0 atom stereocenters. The maximum absolute atomic E-state index is 8.94. The second-order valence-electron chi connectivity index (χ2n) is 10.9. The Balaban J connectivity index is 1.48. The molecule has 0 nitrogen and oxygen atoms in total. The summed E-state index contributed by atoms with van der Waals surface area (Å²) < 4.78 is 45.5. The maximum Gasteiger partial charge on any atom is 0.0629 e. The first-order valence-electron chi connectivity index (χ1n) is 16.9. The van der Waals surface area contributed by atoms with Crippen LogP contribution in [0.5, 0.6) is 0 Å². The topological polar surface area (TPSA) is 0 Å². The minimum atomic E-state index is -0.393. The summed E-state index contributed by atoms with van der Waals surface area (Å²) in [6, 6.07) is 42.8. The second kappa shape index (κ2) is 9.66. The highest BCUT2D eigenvalue weighted by Gasteiger charge is 2.21. The highest BCUT2D eigenvalue weighted by atomic mass is 32.1. The van der Waals surface area contributed by atoms with E-state index in [0.29, 0.717) is 5.56 Å². The van der Waals surface area contributed by atoms with E-state index < -0.39 is 6.04 Å².